The van der Waals surface area contributed by atoms with Gasteiger partial charge in [0.2, 0.25) is 0 Å². The van der Waals surface area contributed by atoms with Gasteiger partial charge in [-0.3, -0.25) is 0 Å². The molecular weight excluding hydrogens is 286 g/mol. The number of hydrogen-bond acceptors (Lipinski definition) is 1. The topological polar surface area (TPSA) is 26.0 Å². The molecule has 0 aromatic heterocycles. The van der Waals surface area contributed by atoms with E-state index in [1.165, 1.54) is 27.8 Å². The molecule has 0 aliphatic rings. The molecule has 1 nitrogen and oxygen atoms in total. The zero-order valence-electron chi connectivity index (χ0n) is 11.0. The number of hydrogen-bond donors (Lipinski definition) is 1. The lowest BCUT2D eigenvalue weighted by atomic mass is 9.94. The average Bonchev–Trinajstić information content (AvgIpc) is 2.35. The van der Waals surface area contributed by atoms with Gasteiger partial charge in [0, 0.05) is 4.47 Å². The monoisotopic (exact) mass is 303 g/mol. The largest absolute Gasteiger partial charge is 0.320 e. The van der Waals surface area contributed by atoms with Gasteiger partial charge in [0.05, 0.1) is 6.04 Å². The Labute approximate surface area is 117 Å². The zero-order chi connectivity index (χ0) is 13.3. The lowest BCUT2D eigenvalue weighted by molar-refractivity contribution is 0.857. The molecule has 0 saturated carbocycles. The Kier molecular flexibility index (Phi) is 3.88. The van der Waals surface area contributed by atoms with Crippen molar-refractivity contribution < 1.29 is 0 Å². The van der Waals surface area contributed by atoms with Crippen LogP contribution in [0.2, 0.25) is 0 Å². The van der Waals surface area contributed by atoms with Gasteiger partial charge in [-0.15, -0.1) is 0 Å². The minimum atomic E-state index is -0.0678. The number of rotatable bonds is 2. The number of benzene rings is 2. The van der Waals surface area contributed by atoms with Gasteiger partial charge >= 0.3 is 0 Å². The third-order valence-corrected chi connectivity index (χ3v) is 4.39. The van der Waals surface area contributed by atoms with Crippen LogP contribution in [-0.4, -0.2) is 0 Å². The van der Waals surface area contributed by atoms with Crippen molar-refractivity contribution in [3.63, 3.8) is 0 Å². The molecule has 0 spiro atoms. The molecule has 0 aliphatic heterocycles. The van der Waals surface area contributed by atoms with Crippen LogP contribution in [0.4, 0.5) is 0 Å². The molecule has 2 rings (SSSR count). The molecule has 0 aliphatic carbocycles. The van der Waals surface area contributed by atoms with E-state index in [4.69, 9.17) is 5.73 Å². The van der Waals surface area contributed by atoms with E-state index in [1.807, 2.05) is 12.1 Å². The fourth-order valence-electron chi connectivity index (χ4n) is 2.10. The first-order valence-corrected chi connectivity index (χ1v) is 6.87. The molecule has 0 radical (unpaired) electrons. The predicted octanol–water partition coefficient (Wildman–Crippen LogP) is 4.42. The molecule has 2 heteroatoms. The molecule has 0 amide bonds. The average molecular weight is 304 g/mol. The quantitative estimate of drug-likeness (QED) is 0.873. The Balaban J connectivity index is 2.44. The van der Waals surface area contributed by atoms with Gasteiger partial charge in [0.1, 0.15) is 0 Å². The maximum atomic E-state index is 6.38. The molecule has 0 heterocycles. The first kappa shape index (κ1) is 13.3. The first-order chi connectivity index (χ1) is 8.50. The van der Waals surface area contributed by atoms with E-state index in [9.17, 15) is 0 Å². The predicted molar refractivity (Wildman–Crippen MR) is 80.8 cm³/mol. The Bertz CT molecular complexity index is 575. The van der Waals surface area contributed by atoms with Crippen LogP contribution in [0.1, 0.15) is 33.9 Å². The van der Waals surface area contributed by atoms with Crippen molar-refractivity contribution in [3.05, 3.63) is 68.7 Å². The smallest absolute Gasteiger partial charge is 0.0554 e. The summed E-state index contributed by atoms with van der Waals surface area (Å²) in [6.45, 7) is 6.34. The van der Waals surface area contributed by atoms with Crippen LogP contribution < -0.4 is 5.73 Å². The summed E-state index contributed by atoms with van der Waals surface area (Å²) in [4.78, 5) is 0. The van der Waals surface area contributed by atoms with Crippen molar-refractivity contribution >= 4 is 15.9 Å². The second-order valence-electron chi connectivity index (χ2n) is 4.78. The number of halogens is 1. The maximum absolute atomic E-state index is 6.38. The lowest BCUT2D eigenvalue weighted by Gasteiger charge is -2.17. The molecule has 2 aromatic rings. The van der Waals surface area contributed by atoms with Crippen LogP contribution in [0.15, 0.2) is 40.9 Å². The van der Waals surface area contributed by atoms with Crippen molar-refractivity contribution in [1.29, 1.82) is 0 Å². The highest BCUT2D eigenvalue weighted by atomic mass is 79.9. The molecule has 0 fully saturated rings. The molecule has 18 heavy (non-hydrogen) atoms. The van der Waals surface area contributed by atoms with Crippen molar-refractivity contribution in [2.75, 3.05) is 0 Å². The highest BCUT2D eigenvalue weighted by molar-refractivity contribution is 9.10. The van der Waals surface area contributed by atoms with E-state index < -0.39 is 0 Å². The van der Waals surface area contributed by atoms with Crippen LogP contribution >= 0.6 is 15.9 Å². The van der Waals surface area contributed by atoms with E-state index in [0.717, 1.165) is 4.47 Å². The Morgan fingerprint density at radius 2 is 1.72 bits per heavy atom. The molecule has 1 atom stereocenters. The Morgan fingerprint density at radius 3 is 2.39 bits per heavy atom. The molecule has 2 aromatic carbocycles. The van der Waals surface area contributed by atoms with E-state index in [1.54, 1.807) is 0 Å². The molecular formula is C16H18BrN. The Hall–Kier alpha value is -1.12. The summed E-state index contributed by atoms with van der Waals surface area (Å²) < 4.78 is 1.11. The second-order valence-corrected chi connectivity index (χ2v) is 5.63. The van der Waals surface area contributed by atoms with Crippen LogP contribution in [0.3, 0.4) is 0 Å². The van der Waals surface area contributed by atoms with Gasteiger partial charge in [-0.2, -0.15) is 0 Å². The van der Waals surface area contributed by atoms with E-state index in [2.05, 4.69) is 61.0 Å². The van der Waals surface area contributed by atoms with Crippen molar-refractivity contribution in [2.45, 2.75) is 26.8 Å². The van der Waals surface area contributed by atoms with Crippen LogP contribution in [0.25, 0.3) is 0 Å². The summed E-state index contributed by atoms with van der Waals surface area (Å²) in [5, 5.41) is 0. The summed E-state index contributed by atoms with van der Waals surface area (Å²) >= 11 is 3.56. The minimum Gasteiger partial charge on any atom is -0.320 e. The summed E-state index contributed by atoms with van der Waals surface area (Å²) in [6.07, 6.45) is 0. The van der Waals surface area contributed by atoms with Crippen molar-refractivity contribution in [3.8, 4) is 0 Å². The SMILES string of the molecule is Cc1ccc(C(N)c2cccc(Br)c2C)cc1C. The second kappa shape index (κ2) is 5.25. The first-order valence-electron chi connectivity index (χ1n) is 6.08. The molecule has 0 saturated heterocycles. The lowest BCUT2D eigenvalue weighted by Crippen LogP contribution is -2.13. The fourth-order valence-corrected chi connectivity index (χ4v) is 2.48. The van der Waals surface area contributed by atoms with Crippen LogP contribution in [0, 0.1) is 20.8 Å². The van der Waals surface area contributed by atoms with Gasteiger partial charge < -0.3 is 5.73 Å². The van der Waals surface area contributed by atoms with Gasteiger partial charge in [0.25, 0.3) is 0 Å². The van der Waals surface area contributed by atoms with E-state index in [-0.39, 0.29) is 6.04 Å². The molecule has 2 N–H and O–H groups in total. The van der Waals surface area contributed by atoms with Crippen molar-refractivity contribution in [2.24, 2.45) is 5.73 Å². The molecule has 0 bridgehead atoms. The molecule has 1 unspecified atom stereocenters. The maximum Gasteiger partial charge on any atom is 0.0554 e. The minimum absolute atomic E-state index is 0.0678. The summed E-state index contributed by atoms with van der Waals surface area (Å²) in [7, 11) is 0. The van der Waals surface area contributed by atoms with Crippen LogP contribution in [-0.2, 0) is 0 Å². The Morgan fingerprint density at radius 1 is 1.00 bits per heavy atom. The third kappa shape index (κ3) is 2.50. The summed E-state index contributed by atoms with van der Waals surface area (Å²) in [6, 6.07) is 12.5. The van der Waals surface area contributed by atoms with E-state index in [0.29, 0.717) is 0 Å². The fraction of sp³-hybridized carbons (Fsp3) is 0.250. The number of nitrogens with two attached hydrogens (primary N) is 1. The highest BCUT2D eigenvalue weighted by Crippen LogP contribution is 2.28. The third-order valence-electron chi connectivity index (χ3n) is 3.53. The molecule has 94 valence electrons. The van der Waals surface area contributed by atoms with Gasteiger partial charge in [-0.25, -0.2) is 0 Å². The van der Waals surface area contributed by atoms with Gasteiger partial charge in [-0.05, 0) is 54.7 Å². The van der Waals surface area contributed by atoms with E-state index >= 15 is 0 Å². The van der Waals surface area contributed by atoms with Crippen molar-refractivity contribution in [1.82, 2.24) is 0 Å². The summed E-state index contributed by atoms with van der Waals surface area (Å²) in [5.41, 5.74) is 12.5. The zero-order valence-corrected chi connectivity index (χ0v) is 12.6. The van der Waals surface area contributed by atoms with Crippen LogP contribution in [0.5, 0.6) is 0 Å². The van der Waals surface area contributed by atoms with Gasteiger partial charge in [-0.1, -0.05) is 46.3 Å². The normalized spacial score (nSPS) is 12.5. The summed E-state index contributed by atoms with van der Waals surface area (Å²) in [5.74, 6) is 0. The number of aryl methyl sites for hydroxylation is 2. The van der Waals surface area contributed by atoms with Gasteiger partial charge in [0.15, 0.2) is 0 Å². The highest BCUT2D eigenvalue weighted by Gasteiger charge is 2.13. The standard InChI is InChI=1S/C16H18BrN/c1-10-7-8-13(9-11(10)2)16(18)14-5-4-6-15(17)12(14)3/h4-9,16H,18H2,1-3H3.